The first-order valence-electron chi connectivity index (χ1n) is 7.16. The van der Waals surface area contributed by atoms with E-state index >= 15 is 0 Å². The molecule has 0 unspecified atom stereocenters. The Morgan fingerprint density at radius 3 is 2.68 bits per heavy atom. The third kappa shape index (κ3) is 4.64. The Kier molecular flexibility index (Phi) is 6.09. The molecule has 1 aliphatic rings. The van der Waals surface area contributed by atoms with Crippen LogP contribution in [0.25, 0.3) is 0 Å². The Labute approximate surface area is 131 Å². The lowest BCUT2D eigenvalue weighted by atomic mass is 10.2. The number of rotatable bonds is 7. The third-order valence-electron chi connectivity index (χ3n) is 3.43. The number of carboxylic acid groups (broad SMARTS) is 1. The van der Waals surface area contributed by atoms with Crippen molar-refractivity contribution >= 4 is 22.7 Å². The molecule has 0 spiro atoms. The fraction of sp³-hybridized carbons (Fsp3) is 0.467. The average Bonchev–Trinajstić information content (AvgIpc) is 3.06. The lowest BCUT2D eigenvalue weighted by Gasteiger charge is -2.17. The van der Waals surface area contributed by atoms with Gasteiger partial charge < -0.3 is 15.2 Å². The van der Waals surface area contributed by atoms with Gasteiger partial charge in [0, 0.05) is 17.3 Å². The summed E-state index contributed by atoms with van der Waals surface area (Å²) in [4.78, 5) is 23.8. The van der Waals surface area contributed by atoms with Crippen molar-refractivity contribution in [2.75, 3.05) is 12.4 Å². The molecule has 0 bridgehead atoms. The lowest BCUT2D eigenvalue weighted by Crippen LogP contribution is -2.45. The minimum Gasteiger partial charge on any atom is -0.480 e. The van der Waals surface area contributed by atoms with E-state index in [1.165, 1.54) is 0 Å². The van der Waals surface area contributed by atoms with Gasteiger partial charge in [-0.1, -0.05) is 18.2 Å². The number of carboxylic acids is 1. The molecule has 1 aromatic rings. The Bertz CT molecular complexity index is 542. The standard InChI is InChI=1S/C15H19NO5S/c17-14(13-7-4-9-21-13)16-12(15(18)19)8-10-22(20)11-5-2-1-3-6-11/h1-3,5-6,12-13H,4,7-10H2,(H,16,17)(H,18,19)/t12-,13+,22+/m1/s1. The first-order valence-corrected chi connectivity index (χ1v) is 8.48. The Morgan fingerprint density at radius 1 is 1.36 bits per heavy atom. The fourth-order valence-electron chi connectivity index (χ4n) is 2.22. The zero-order chi connectivity index (χ0) is 15.9. The fourth-order valence-corrected chi connectivity index (χ4v) is 3.37. The van der Waals surface area contributed by atoms with Crippen molar-refractivity contribution in [1.29, 1.82) is 0 Å². The van der Waals surface area contributed by atoms with Crippen molar-refractivity contribution in [3.8, 4) is 0 Å². The predicted octanol–water partition coefficient (Wildman–Crippen LogP) is 0.933. The SMILES string of the molecule is O=C(N[C@H](CC[S@](=O)c1ccccc1)C(=O)O)[C@@H]1CCCO1. The summed E-state index contributed by atoms with van der Waals surface area (Å²) in [6.45, 7) is 0.522. The Hall–Kier alpha value is -1.73. The number of nitrogens with one attached hydrogen (secondary N) is 1. The second-order valence-electron chi connectivity index (χ2n) is 5.05. The number of ether oxygens (including phenoxy) is 1. The summed E-state index contributed by atoms with van der Waals surface area (Å²) in [6, 6.07) is 7.79. The van der Waals surface area contributed by atoms with E-state index in [1.807, 2.05) is 6.07 Å². The molecule has 1 fully saturated rings. The predicted molar refractivity (Wildman–Crippen MR) is 80.9 cm³/mol. The zero-order valence-corrected chi connectivity index (χ0v) is 12.9. The van der Waals surface area contributed by atoms with Crippen molar-refractivity contribution in [3.05, 3.63) is 30.3 Å². The Balaban J connectivity index is 1.87. The van der Waals surface area contributed by atoms with Gasteiger partial charge >= 0.3 is 5.97 Å². The smallest absolute Gasteiger partial charge is 0.326 e. The van der Waals surface area contributed by atoms with Gasteiger partial charge in [-0.3, -0.25) is 9.00 Å². The number of hydrogen-bond acceptors (Lipinski definition) is 4. The van der Waals surface area contributed by atoms with Crippen molar-refractivity contribution in [2.45, 2.75) is 36.3 Å². The molecule has 0 aliphatic carbocycles. The minimum atomic E-state index is -1.28. The molecule has 2 rings (SSSR count). The number of amides is 1. The number of aliphatic carboxylic acids is 1. The van der Waals surface area contributed by atoms with Crippen molar-refractivity contribution in [1.82, 2.24) is 5.32 Å². The first kappa shape index (κ1) is 16.6. The Morgan fingerprint density at radius 2 is 2.09 bits per heavy atom. The van der Waals surface area contributed by atoms with Crippen LogP contribution in [-0.2, 0) is 25.1 Å². The van der Waals surface area contributed by atoms with E-state index in [4.69, 9.17) is 4.74 Å². The molecule has 120 valence electrons. The molecule has 0 saturated carbocycles. The van der Waals surface area contributed by atoms with E-state index < -0.39 is 34.8 Å². The maximum absolute atomic E-state index is 12.1. The second kappa shape index (κ2) is 8.05. The highest BCUT2D eigenvalue weighted by molar-refractivity contribution is 7.85. The van der Waals surface area contributed by atoms with Crippen LogP contribution in [0.4, 0.5) is 0 Å². The monoisotopic (exact) mass is 325 g/mol. The van der Waals surface area contributed by atoms with Crippen LogP contribution in [0.3, 0.4) is 0 Å². The average molecular weight is 325 g/mol. The van der Waals surface area contributed by atoms with E-state index in [0.717, 1.165) is 6.42 Å². The van der Waals surface area contributed by atoms with Crippen molar-refractivity contribution < 1.29 is 23.6 Å². The van der Waals surface area contributed by atoms with Crippen LogP contribution in [0, 0.1) is 0 Å². The summed E-state index contributed by atoms with van der Waals surface area (Å²) in [6.07, 6.45) is 0.943. The highest BCUT2D eigenvalue weighted by Crippen LogP contribution is 2.13. The number of carbonyl (C=O) groups is 2. The summed E-state index contributed by atoms with van der Waals surface area (Å²) in [5, 5.41) is 11.7. The summed E-state index contributed by atoms with van der Waals surface area (Å²) in [7, 11) is -1.28. The quantitative estimate of drug-likeness (QED) is 0.778. The third-order valence-corrected chi connectivity index (χ3v) is 4.84. The molecular weight excluding hydrogens is 306 g/mol. The molecule has 6 nitrogen and oxygen atoms in total. The van der Waals surface area contributed by atoms with Gasteiger partial charge in [-0.25, -0.2) is 4.79 Å². The molecule has 0 radical (unpaired) electrons. The van der Waals surface area contributed by atoms with Gasteiger partial charge in [0.1, 0.15) is 12.1 Å². The van der Waals surface area contributed by atoms with E-state index in [9.17, 15) is 18.9 Å². The largest absolute Gasteiger partial charge is 0.480 e. The molecule has 1 heterocycles. The highest BCUT2D eigenvalue weighted by atomic mass is 32.2. The van der Waals surface area contributed by atoms with Crippen LogP contribution >= 0.6 is 0 Å². The molecule has 22 heavy (non-hydrogen) atoms. The van der Waals surface area contributed by atoms with Gasteiger partial charge in [-0.2, -0.15) is 0 Å². The van der Waals surface area contributed by atoms with E-state index in [2.05, 4.69) is 5.32 Å². The molecule has 1 aliphatic heterocycles. The number of carbonyl (C=O) groups excluding carboxylic acids is 1. The van der Waals surface area contributed by atoms with Gasteiger partial charge in [0.2, 0.25) is 5.91 Å². The van der Waals surface area contributed by atoms with E-state index in [1.54, 1.807) is 24.3 Å². The van der Waals surface area contributed by atoms with E-state index in [0.29, 0.717) is 17.9 Å². The van der Waals surface area contributed by atoms with Gasteiger partial charge in [-0.05, 0) is 31.4 Å². The number of hydrogen-bond donors (Lipinski definition) is 2. The highest BCUT2D eigenvalue weighted by Gasteiger charge is 2.28. The number of benzene rings is 1. The van der Waals surface area contributed by atoms with Crippen LogP contribution in [0.5, 0.6) is 0 Å². The first-order chi connectivity index (χ1) is 10.6. The molecule has 7 heteroatoms. The van der Waals surface area contributed by atoms with Gasteiger partial charge in [0.25, 0.3) is 0 Å². The van der Waals surface area contributed by atoms with Crippen molar-refractivity contribution in [2.24, 2.45) is 0 Å². The minimum absolute atomic E-state index is 0.106. The molecule has 2 N–H and O–H groups in total. The van der Waals surface area contributed by atoms with Crippen molar-refractivity contribution in [3.63, 3.8) is 0 Å². The topological polar surface area (TPSA) is 92.7 Å². The summed E-state index contributed by atoms with van der Waals surface area (Å²) in [5.74, 6) is -1.36. The molecule has 0 aromatic heterocycles. The summed E-state index contributed by atoms with van der Waals surface area (Å²) >= 11 is 0. The summed E-state index contributed by atoms with van der Waals surface area (Å²) < 4.78 is 17.3. The molecule has 1 amide bonds. The van der Waals surface area contributed by atoms with Crippen LogP contribution in [0.1, 0.15) is 19.3 Å². The normalized spacial score (nSPS) is 20.3. The zero-order valence-electron chi connectivity index (χ0n) is 12.1. The molecule has 3 atom stereocenters. The van der Waals surface area contributed by atoms with E-state index in [-0.39, 0.29) is 12.2 Å². The lowest BCUT2D eigenvalue weighted by molar-refractivity contribution is -0.143. The van der Waals surface area contributed by atoms with Gasteiger partial charge in [-0.15, -0.1) is 0 Å². The maximum atomic E-state index is 12.1. The molecular formula is C15H19NO5S. The second-order valence-corrected chi connectivity index (χ2v) is 6.62. The molecule has 1 saturated heterocycles. The van der Waals surface area contributed by atoms with Crippen LogP contribution < -0.4 is 5.32 Å². The van der Waals surface area contributed by atoms with Crippen LogP contribution in [-0.4, -0.2) is 45.7 Å². The summed E-state index contributed by atoms with van der Waals surface area (Å²) in [5.41, 5.74) is 0. The molecule has 1 aromatic carbocycles. The van der Waals surface area contributed by atoms with Crippen LogP contribution in [0.15, 0.2) is 35.2 Å². The van der Waals surface area contributed by atoms with Gasteiger partial charge in [0.15, 0.2) is 0 Å². The maximum Gasteiger partial charge on any atom is 0.326 e. The van der Waals surface area contributed by atoms with Gasteiger partial charge in [0.05, 0.1) is 10.8 Å². The van der Waals surface area contributed by atoms with Crippen LogP contribution in [0.2, 0.25) is 0 Å².